The van der Waals surface area contributed by atoms with Gasteiger partial charge in [-0.2, -0.15) is 0 Å². The van der Waals surface area contributed by atoms with Crippen molar-refractivity contribution in [1.82, 2.24) is 0 Å². The van der Waals surface area contributed by atoms with Crippen molar-refractivity contribution in [2.45, 2.75) is 76.8 Å². The molecule has 0 radical (unpaired) electrons. The van der Waals surface area contributed by atoms with E-state index in [9.17, 15) is 15.3 Å². The number of fused-ring (bicyclic) bond motifs is 3. The lowest BCUT2D eigenvalue weighted by atomic mass is 9.52. The number of ether oxygens (including phenoxy) is 2. The summed E-state index contributed by atoms with van der Waals surface area (Å²) in [5, 5.41) is 30.7. The Morgan fingerprint density at radius 3 is 2.48 bits per heavy atom. The third-order valence-corrected chi connectivity index (χ3v) is 8.30. The molecule has 3 fully saturated rings. The average molecular weight is 381 g/mol. The number of aliphatic hydroxyl groups excluding tert-OH is 3. The Labute approximate surface area is 162 Å². The zero-order valence-electron chi connectivity index (χ0n) is 17.0. The van der Waals surface area contributed by atoms with Crippen LogP contribution in [-0.2, 0) is 9.47 Å². The standard InChI is InChI=1S/C22H36O5/c1-20(2)26-13-22(12-24,27-20)15-5-6-16-14(10-15)4-8-18-17(16)7-9-19(25)21(18,3)11-23/h4,15-19,23-25H,5-13H2,1-3H3/t15-,16-,17+,18+,19-,21-,22+/m1/s1. The lowest BCUT2D eigenvalue weighted by Gasteiger charge is -2.54. The third-order valence-electron chi connectivity index (χ3n) is 8.30. The van der Waals surface area contributed by atoms with Crippen LogP contribution in [0.3, 0.4) is 0 Å². The monoisotopic (exact) mass is 380 g/mol. The van der Waals surface area contributed by atoms with Crippen LogP contribution in [0, 0.1) is 29.1 Å². The Kier molecular flexibility index (Phi) is 5.00. The van der Waals surface area contributed by atoms with Gasteiger partial charge in [-0.1, -0.05) is 18.6 Å². The maximum absolute atomic E-state index is 10.5. The Morgan fingerprint density at radius 2 is 1.85 bits per heavy atom. The zero-order chi connectivity index (χ0) is 19.4. The first-order valence-corrected chi connectivity index (χ1v) is 10.7. The minimum atomic E-state index is -0.631. The van der Waals surface area contributed by atoms with E-state index in [0.29, 0.717) is 24.4 Å². The summed E-state index contributed by atoms with van der Waals surface area (Å²) in [7, 11) is 0. The Hall–Kier alpha value is -0.460. The highest BCUT2D eigenvalue weighted by Gasteiger charge is 2.55. The maximum atomic E-state index is 10.5. The van der Waals surface area contributed by atoms with E-state index in [1.807, 2.05) is 13.8 Å². The van der Waals surface area contributed by atoms with Crippen LogP contribution in [-0.4, -0.2) is 52.6 Å². The summed E-state index contributed by atoms with van der Waals surface area (Å²) >= 11 is 0. The highest BCUT2D eigenvalue weighted by molar-refractivity contribution is 5.21. The summed E-state index contributed by atoms with van der Waals surface area (Å²) in [4.78, 5) is 0. The van der Waals surface area contributed by atoms with Crippen LogP contribution in [0.4, 0.5) is 0 Å². The molecule has 154 valence electrons. The Bertz CT molecular complexity index is 602. The topological polar surface area (TPSA) is 79.2 Å². The van der Waals surface area contributed by atoms with Crippen molar-refractivity contribution in [1.29, 1.82) is 0 Å². The molecule has 0 amide bonds. The second-order valence-electron chi connectivity index (χ2n) is 10.1. The van der Waals surface area contributed by atoms with Gasteiger partial charge in [0, 0.05) is 5.41 Å². The minimum Gasteiger partial charge on any atom is -0.396 e. The predicted octanol–water partition coefficient (Wildman–Crippen LogP) is 2.63. The maximum Gasteiger partial charge on any atom is 0.163 e. The minimum absolute atomic E-state index is 0.000126. The predicted molar refractivity (Wildman–Crippen MR) is 102 cm³/mol. The molecule has 27 heavy (non-hydrogen) atoms. The van der Waals surface area contributed by atoms with Crippen molar-refractivity contribution in [2.75, 3.05) is 19.8 Å². The lowest BCUT2D eigenvalue weighted by Crippen LogP contribution is -2.53. The SMILES string of the molecule is CC1(C)OC[C@@](CO)([C@@H]2CC[C@@H]3C(=CC[C@H]4[C@H]3CC[C@@H](O)[C@]4(C)CO)C2)O1. The van der Waals surface area contributed by atoms with Gasteiger partial charge >= 0.3 is 0 Å². The molecule has 0 spiro atoms. The fourth-order valence-corrected chi connectivity index (χ4v) is 6.57. The van der Waals surface area contributed by atoms with Gasteiger partial charge in [0.2, 0.25) is 0 Å². The van der Waals surface area contributed by atoms with E-state index in [4.69, 9.17) is 9.47 Å². The van der Waals surface area contributed by atoms with Crippen molar-refractivity contribution in [3.8, 4) is 0 Å². The molecule has 1 aliphatic heterocycles. The molecule has 1 saturated heterocycles. The van der Waals surface area contributed by atoms with E-state index in [0.717, 1.165) is 38.5 Å². The molecule has 0 bridgehead atoms. The van der Waals surface area contributed by atoms with Gasteiger partial charge in [-0.05, 0) is 76.0 Å². The van der Waals surface area contributed by atoms with Gasteiger partial charge in [0.25, 0.3) is 0 Å². The molecule has 0 aromatic heterocycles. The molecular weight excluding hydrogens is 344 g/mol. The van der Waals surface area contributed by atoms with Crippen LogP contribution in [0.25, 0.3) is 0 Å². The molecule has 3 N–H and O–H groups in total. The van der Waals surface area contributed by atoms with Gasteiger partial charge in [-0.25, -0.2) is 0 Å². The molecule has 5 nitrogen and oxygen atoms in total. The lowest BCUT2D eigenvalue weighted by molar-refractivity contribution is -0.185. The smallest absolute Gasteiger partial charge is 0.163 e. The molecule has 0 aromatic rings. The fraction of sp³-hybridized carbons (Fsp3) is 0.909. The third kappa shape index (κ3) is 3.10. The number of hydrogen-bond donors (Lipinski definition) is 3. The first-order chi connectivity index (χ1) is 12.7. The van der Waals surface area contributed by atoms with E-state index >= 15 is 0 Å². The van der Waals surface area contributed by atoms with Crippen LogP contribution >= 0.6 is 0 Å². The summed E-state index contributed by atoms with van der Waals surface area (Å²) in [5.41, 5.74) is 0.528. The molecule has 0 unspecified atom stereocenters. The molecule has 2 saturated carbocycles. The van der Waals surface area contributed by atoms with Crippen LogP contribution in [0.5, 0.6) is 0 Å². The first kappa shape index (κ1) is 19.8. The number of hydrogen-bond acceptors (Lipinski definition) is 5. The van der Waals surface area contributed by atoms with Crippen LogP contribution < -0.4 is 0 Å². The molecule has 5 heteroatoms. The van der Waals surface area contributed by atoms with Crippen LogP contribution in [0.15, 0.2) is 11.6 Å². The van der Waals surface area contributed by atoms with E-state index < -0.39 is 17.5 Å². The highest BCUT2D eigenvalue weighted by atomic mass is 16.8. The average Bonchev–Trinajstić information content (AvgIpc) is 3.00. The van der Waals surface area contributed by atoms with Crippen molar-refractivity contribution in [3.63, 3.8) is 0 Å². The summed E-state index contributed by atoms with van der Waals surface area (Å²) in [6.45, 7) is 6.42. The summed E-state index contributed by atoms with van der Waals surface area (Å²) < 4.78 is 12.0. The van der Waals surface area contributed by atoms with E-state index in [1.54, 1.807) is 0 Å². The van der Waals surface area contributed by atoms with E-state index in [1.165, 1.54) is 5.57 Å². The van der Waals surface area contributed by atoms with Crippen molar-refractivity contribution in [2.24, 2.45) is 29.1 Å². The normalized spacial score (nSPS) is 49.3. The number of aliphatic hydroxyl groups is 3. The largest absolute Gasteiger partial charge is 0.396 e. The quantitative estimate of drug-likeness (QED) is 0.656. The molecule has 4 aliphatic rings. The zero-order valence-corrected chi connectivity index (χ0v) is 17.0. The van der Waals surface area contributed by atoms with Crippen molar-refractivity contribution in [3.05, 3.63) is 11.6 Å². The molecule has 3 aliphatic carbocycles. The molecular formula is C22H36O5. The summed E-state index contributed by atoms with van der Waals surface area (Å²) in [6.07, 6.45) is 7.83. The summed E-state index contributed by atoms with van der Waals surface area (Å²) in [5.74, 6) is 1.10. The van der Waals surface area contributed by atoms with Gasteiger partial charge < -0.3 is 24.8 Å². The van der Waals surface area contributed by atoms with Crippen LogP contribution in [0.1, 0.15) is 59.3 Å². The highest BCUT2D eigenvalue weighted by Crippen LogP contribution is 2.57. The van der Waals surface area contributed by atoms with Crippen molar-refractivity contribution >= 4 is 0 Å². The number of rotatable bonds is 3. The van der Waals surface area contributed by atoms with Gasteiger partial charge in [-0.3, -0.25) is 0 Å². The van der Waals surface area contributed by atoms with E-state index in [2.05, 4.69) is 13.0 Å². The van der Waals surface area contributed by atoms with Crippen molar-refractivity contribution < 1.29 is 24.8 Å². The van der Waals surface area contributed by atoms with Gasteiger partial charge in [0.05, 0.1) is 25.9 Å². The Morgan fingerprint density at radius 1 is 1.07 bits per heavy atom. The second-order valence-corrected chi connectivity index (χ2v) is 10.1. The van der Waals surface area contributed by atoms with E-state index in [-0.39, 0.29) is 24.5 Å². The van der Waals surface area contributed by atoms with Gasteiger partial charge in [-0.15, -0.1) is 0 Å². The Balaban J connectivity index is 1.54. The second kappa shape index (κ2) is 6.81. The summed E-state index contributed by atoms with van der Waals surface area (Å²) in [6, 6.07) is 0. The molecule has 4 rings (SSSR count). The number of allylic oxidation sites excluding steroid dienone is 2. The first-order valence-electron chi connectivity index (χ1n) is 10.7. The fourth-order valence-electron chi connectivity index (χ4n) is 6.57. The van der Waals surface area contributed by atoms with Crippen LogP contribution in [0.2, 0.25) is 0 Å². The van der Waals surface area contributed by atoms with Gasteiger partial charge in [0.1, 0.15) is 5.60 Å². The molecule has 0 aromatic carbocycles. The molecule has 1 heterocycles. The van der Waals surface area contributed by atoms with Gasteiger partial charge in [0.15, 0.2) is 5.79 Å². The molecule has 7 atom stereocenters.